The molecule has 106 valence electrons. The Morgan fingerprint density at radius 3 is 2.61 bits per heavy atom. The van der Waals surface area contributed by atoms with Crippen molar-refractivity contribution in [2.75, 3.05) is 19.6 Å². The van der Waals surface area contributed by atoms with Crippen molar-refractivity contribution in [1.82, 2.24) is 10.2 Å². The number of unbranched alkanes of at least 4 members (excludes halogenated alkanes) is 1. The summed E-state index contributed by atoms with van der Waals surface area (Å²) in [5, 5.41) is 3.87. The maximum atomic E-state index is 3.87. The Balaban J connectivity index is 2.00. The second-order valence-electron chi connectivity index (χ2n) is 6.60. The molecule has 0 aromatic rings. The zero-order chi connectivity index (χ0) is 13.0. The lowest BCUT2D eigenvalue weighted by molar-refractivity contribution is 0.0298. The largest absolute Gasteiger partial charge is 0.311 e. The summed E-state index contributed by atoms with van der Waals surface area (Å²) >= 11 is 0. The Morgan fingerprint density at radius 2 is 2.00 bits per heavy atom. The zero-order valence-electron chi connectivity index (χ0n) is 12.7. The van der Waals surface area contributed by atoms with Crippen molar-refractivity contribution in [2.24, 2.45) is 5.92 Å². The van der Waals surface area contributed by atoms with E-state index in [1.54, 1.807) is 0 Å². The van der Waals surface area contributed by atoms with Crippen LogP contribution in [0.4, 0.5) is 0 Å². The third kappa shape index (κ3) is 2.91. The van der Waals surface area contributed by atoms with Crippen LogP contribution in [0.1, 0.15) is 65.7 Å². The minimum Gasteiger partial charge on any atom is -0.311 e. The van der Waals surface area contributed by atoms with Crippen molar-refractivity contribution in [2.45, 2.75) is 77.3 Å². The lowest BCUT2D eigenvalue weighted by atomic mass is 9.87. The van der Waals surface area contributed by atoms with Crippen molar-refractivity contribution in [3.05, 3.63) is 0 Å². The molecule has 2 aliphatic rings. The van der Waals surface area contributed by atoms with Crippen molar-refractivity contribution < 1.29 is 0 Å². The predicted octanol–water partition coefficient (Wildman–Crippen LogP) is 3.42. The summed E-state index contributed by atoms with van der Waals surface area (Å²) in [6, 6.07) is 0.720. The minimum absolute atomic E-state index is 0.527. The van der Waals surface area contributed by atoms with Gasteiger partial charge in [0.05, 0.1) is 0 Å². The fourth-order valence-electron chi connectivity index (χ4n) is 3.80. The maximum absolute atomic E-state index is 3.87. The van der Waals surface area contributed by atoms with Crippen LogP contribution in [-0.2, 0) is 0 Å². The highest BCUT2D eigenvalue weighted by atomic mass is 15.3. The maximum Gasteiger partial charge on any atom is 0.0334 e. The van der Waals surface area contributed by atoms with Crippen molar-refractivity contribution in [3.8, 4) is 0 Å². The van der Waals surface area contributed by atoms with E-state index >= 15 is 0 Å². The summed E-state index contributed by atoms with van der Waals surface area (Å²) in [7, 11) is 0. The van der Waals surface area contributed by atoms with Crippen LogP contribution in [-0.4, -0.2) is 36.1 Å². The summed E-state index contributed by atoms with van der Waals surface area (Å²) in [6.45, 7) is 10.9. The van der Waals surface area contributed by atoms with Crippen molar-refractivity contribution in [3.63, 3.8) is 0 Å². The van der Waals surface area contributed by atoms with Gasteiger partial charge in [0.2, 0.25) is 0 Å². The molecule has 1 aliphatic heterocycles. The molecule has 0 aromatic carbocycles. The van der Waals surface area contributed by atoms with Crippen LogP contribution in [0.5, 0.6) is 0 Å². The molecule has 0 aromatic heterocycles. The lowest BCUT2D eigenvalue weighted by Crippen LogP contribution is -2.64. The molecular weight excluding hydrogens is 220 g/mol. The molecule has 1 saturated carbocycles. The fourth-order valence-corrected chi connectivity index (χ4v) is 3.80. The van der Waals surface area contributed by atoms with Gasteiger partial charge in [0.15, 0.2) is 0 Å². The molecule has 1 aliphatic carbocycles. The van der Waals surface area contributed by atoms with Crippen LogP contribution in [0.25, 0.3) is 0 Å². The van der Waals surface area contributed by atoms with Crippen molar-refractivity contribution in [1.29, 1.82) is 0 Å². The molecule has 0 radical (unpaired) electrons. The first-order valence-corrected chi connectivity index (χ1v) is 8.20. The molecule has 2 unspecified atom stereocenters. The van der Waals surface area contributed by atoms with Gasteiger partial charge in [-0.3, -0.25) is 4.90 Å². The average Bonchev–Trinajstić information content (AvgIpc) is 2.86. The van der Waals surface area contributed by atoms with Gasteiger partial charge in [0.1, 0.15) is 0 Å². The fraction of sp³-hybridized carbons (Fsp3) is 1.00. The van der Waals surface area contributed by atoms with E-state index in [9.17, 15) is 0 Å². The lowest BCUT2D eigenvalue weighted by Gasteiger charge is -2.49. The second-order valence-corrected chi connectivity index (χ2v) is 6.60. The molecule has 1 spiro atoms. The smallest absolute Gasteiger partial charge is 0.0334 e. The summed E-state index contributed by atoms with van der Waals surface area (Å²) in [5.74, 6) is 0.813. The Kier molecular flexibility index (Phi) is 5.08. The topological polar surface area (TPSA) is 15.3 Å². The standard InChI is InChI=1S/C16H32N2/c1-4-6-11-18-12-15(14(3)5-2)17-13-16(18)9-7-8-10-16/h14-15,17H,4-13H2,1-3H3. The monoisotopic (exact) mass is 252 g/mol. The number of rotatable bonds is 5. The first kappa shape index (κ1) is 14.3. The number of nitrogens with one attached hydrogen (secondary N) is 1. The Labute approximate surface area is 114 Å². The third-order valence-electron chi connectivity index (χ3n) is 5.43. The average molecular weight is 252 g/mol. The van der Waals surface area contributed by atoms with Gasteiger partial charge in [-0.2, -0.15) is 0 Å². The van der Waals surface area contributed by atoms with E-state index in [0.29, 0.717) is 5.54 Å². The molecule has 18 heavy (non-hydrogen) atoms. The van der Waals surface area contributed by atoms with Gasteiger partial charge in [-0.05, 0) is 31.7 Å². The van der Waals surface area contributed by atoms with E-state index in [0.717, 1.165) is 12.0 Å². The SMILES string of the molecule is CCCCN1CC(C(C)CC)NCC12CCCC2. The molecule has 2 nitrogen and oxygen atoms in total. The first-order valence-electron chi connectivity index (χ1n) is 8.20. The summed E-state index contributed by atoms with van der Waals surface area (Å²) < 4.78 is 0. The van der Waals surface area contributed by atoms with Crippen LogP contribution >= 0.6 is 0 Å². The van der Waals surface area contributed by atoms with Gasteiger partial charge in [0.25, 0.3) is 0 Å². The van der Waals surface area contributed by atoms with E-state index in [-0.39, 0.29) is 0 Å². The molecule has 0 amide bonds. The molecule has 2 rings (SSSR count). The van der Waals surface area contributed by atoms with Crippen LogP contribution < -0.4 is 5.32 Å². The van der Waals surface area contributed by atoms with Crippen LogP contribution in [0.15, 0.2) is 0 Å². The van der Waals surface area contributed by atoms with Crippen molar-refractivity contribution >= 4 is 0 Å². The minimum atomic E-state index is 0.527. The number of piperazine rings is 1. The summed E-state index contributed by atoms with van der Waals surface area (Å²) in [6.07, 6.45) is 9.74. The summed E-state index contributed by atoms with van der Waals surface area (Å²) in [4.78, 5) is 2.86. The van der Waals surface area contributed by atoms with E-state index < -0.39 is 0 Å². The van der Waals surface area contributed by atoms with E-state index in [2.05, 4.69) is 31.0 Å². The number of nitrogens with zero attached hydrogens (tertiary/aromatic N) is 1. The molecule has 0 bridgehead atoms. The van der Waals surface area contributed by atoms with Gasteiger partial charge in [0, 0.05) is 24.7 Å². The Morgan fingerprint density at radius 1 is 1.28 bits per heavy atom. The molecule has 2 fully saturated rings. The molecule has 2 heteroatoms. The van der Waals surface area contributed by atoms with Crippen LogP contribution in [0, 0.1) is 5.92 Å². The highest BCUT2D eigenvalue weighted by Gasteiger charge is 2.43. The Bertz CT molecular complexity index is 245. The number of hydrogen-bond donors (Lipinski definition) is 1. The molecule has 1 heterocycles. The normalized spacial score (nSPS) is 29.8. The predicted molar refractivity (Wildman–Crippen MR) is 78.9 cm³/mol. The zero-order valence-corrected chi connectivity index (χ0v) is 12.7. The molecule has 1 N–H and O–H groups in total. The van der Waals surface area contributed by atoms with E-state index in [1.165, 1.54) is 64.6 Å². The highest BCUT2D eigenvalue weighted by Crippen LogP contribution is 2.37. The third-order valence-corrected chi connectivity index (χ3v) is 5.43. The Hall–Kier alpha value is -0.0800. The van der Waals surface area contributed by atoms with E-state index in [4.69, 9.17) is 0 Å². The summed E-state index contributed by atoms with van der Waals surface area (Å²) in [5.41, 5.74) is 0.527. The highest BCUT2D eigenvalue weighted by molar-refractivity contribution is 5.02. The second kappa shape index (κ2) is 6.38. The quantitative estimate of drug-likeness (QED) is 0.806. The van der Waals surface area contributed by atoms with Gasteiger partial charge in [-0.1, -0.05) is 46.5 Å². The van der Waals surface area contributed by atoms with Crippen LogP contribution in [0.3, 0.4) is 0 Å². The van der Waals surface area contributed by atoms with Gasteiger partial charge >= 0.3 is 0 Å². The number of hydrogen-bond acceptors (Lipinski definition) is 2. The molecule has 1 saturated heterocycles. The van der Waals surface area contributed by atoms with Gasteiger partial charge < -0.3 is 5.32 Å². The van der Waals surface area contributed by atoms with Gasteiger partial charge in [-0.25, -0.2) is 0 Å². The first-order chi connectivity index (χ1) is 8.72. The molecule has 2 atom stereocenters. The molecular formula is C16H32N2. The van der Waals surface area contributed by atoms with Gasteiger partial charge in [-0.15, -0.1) is 0 Å². The van der Waals surface area contributed by atoms with E-state index in [1.807, 2.05) is 0 Å². The van der Waals surface area contributed by atoms with Crippen LogP contribution in [0.2, 0.25) is 0 Å².